The van der Waals surface area contributed by atoms with Gasteiger partial charge in [-0.15, -0.1) is 0 Å². The highest BCUT2D eigenvalue weighted by molar-refractivity contribution is 5.94. The highest BCUT2D eigenvalue weighted by Crippen LogP contribution is 2.22. The molecule has 0 unspecified atom stereocenters. The van der Waals surface area contributed by atoms with Crippen molar-refractivity contribution in [3.63, 3.8) is 0 Å². The first kappa shape index (κ1) is 14.1. The van der Waals surface area contributed by atoms with Gasteiger partial charge in [-0.3, -0.25) is 0 Å². The van der Waals surface area contributed by atoms with E-state index in [2.05, 4.69) is 0 Å². The van der Waals surface area contributed by atoms with E-state index in [9.17, 15) is 4.79 Å². The molecule has 3 heteroatoms. The zero-order chi connectivity index (χ0) is 14.5. The Morgan fingerprint density at radius 2 is 1.85 bits per heavy atom. The standard InChI is InChI=1S/C17H18O3/c1-4-20-17(18)12(2)9-13-5-6-15-11-16(19-3)8-7-14(15)10-13/h5-11H,4H2,1-3H3/b12-9+. The van der Waals surface area contributed by atoms with Crippen LogP contribution in [0.25, 0.3) is 16.8 Å². The summed E-state index contributed by atoms with van der Waals surface area (Å²) in [5.41, 5.74) is 1.58. The predicted octanol–water partition coefficient (Wildman–Crippen LogP) is 3.81. The van der Waals surface area contributed by atoms with Crippen molar-refractivity contribution in [3.05, 3.63) is 47.5 Å². The van der Waals surface area contributed by atoms with E-state index < -0.39 is 0 Å². The maximum absolute atomic E-state index is 11.6. The van der Waals surface area contributed by atoms with Crippen LogP contribution in [-0.4, -0.2) is 19.7 Å². The van der Waals surface area contributed by atoms with Crippen molar-refractivity contribution in [1.29, 1.82) is 0 Å². The third-order valence-corrected chi connectivity index (χ3v) is 3.05. The van der Waals surface area contributed by atoms with Crippen LogP contribution in [-0.2, 0) is 9.53 Å². The third-order valence-electron chi connectivity index (χ3n) is 3.05. The molecule has 0 radical (unpaired) electrons. The number of fused-ring (bicyclic) bond motifs is 1. The monoisotopic (exact) mass is 270 g/mol. The van der Waals surface area contributed by atoms with E-state index >= 15 is 0 Å². The number of rotatable bonds is 4. The summed E-state index contributed by atoms with van der Waals surface area (Å²) in [6.07, 6.45) is 1.83. The van der Waals surface area contributed by atoms with Gasteiger partial charge in [0, 0.05) is 5.57 Å². The molecule has 104 valence electrons. The molecule has 0 aromatic heterocycles. The molecule has 0 amide bonds. The average Bonchev–Trinajstić information content (AvgIpc) is 2.46. The quantitative estimate of drug-likeness (QED) is 0.626. The van der Waals surface area contributed by atoms with Gasteiger partial charge in [0.25, 0.3) is 0 Å². The lowest BCUT2D eigenvalue weighted by molar-refractivity contribution is -0.138. The smallest absolute Gasteiger partial charge is 0.333 e. The molecule has 0 fully saturated rings. The zero-order valence-electron chi connectivity index (χ0n) is 12.0. The number of carbonyl (C=O) groups is 1. The van der Waals surface area contributed by atoms with Gasteiger partial charge in [0.15, 0.2) is 0 Å². The minimum atomic E-state index is -0.276. The number of esters is 1. The molecular formula is C17H18O3. The molecule has 0 aliphatic carbocycles. The molecule has 0 aliphatic rings. The Labute approximate surface area is 118 Å². The van der Waals surface area contributed by atoms with Gasteiger partial charge in [0.1, 0.15) is 5.75 Å². The van der Waals surface area contributed by atoms with Gasteiger partial charge in [-0.05, 0) is 54.5 Å². The number of carbonyl (C=O) groups excluding carboxylic acids is 1. The molecular weight excluding hydrogens is 252 g/mol. The molecule has 3 nitrogen and oxygen atoms in total. The molecule has 0 bridgehead atoms. The van der Waals surface area contributed by atoms with Crippen LogP contribution in [0.1, 0.15) is 19.4 Å². The van der Waals surface area contributed by atoms with E-state index in [0.29, 0.717) is 12.2 Å². The van der Waals surface area contributed by atoms with Crippen LogP contribution in [0, 0.1) is 0 Å². The van der Waals surface area contributed by atoms with E-state index in [4.69, 9.17) is 9.47 Å². The lowest BCUT2D eigenvalue weighted by Gasteiger charge is -2.05. The molecule has 0 saturated carbocycles. The summed E-state index contributed by atoms with van der Waals surface area (Å²) in [6, 6.07) is 11.9. The van der Waals surface area contributed by atoms with Crippen LogP contribution in [0.4, 0.5) is 0 Å². The average molecular weight is 270 g/mol. The Morgan fingerprint density at radius 1 is 1.15 bits per heavy atom. The van der Waals surface area contributed by atoms with Crippen LogP contribution in [0.15, 0.2) is 42.0 Å². The van der Waals surface area contributed by atoms with Crippen molar-refractivity contribution in [2.45, 2.75) is 13.8 Å². The minimum Gasteiger partial charge on any atom is -0.497 e. The molecule has 0 atom stereocenters. The van der Waals surface area contributed by atoms with E-state index in [1.54, 1.807) is 21.0 Å². The van der Waals surface area contributed by atoms with Crippen LogP contribution >= 0.6 is 0 Å². The molecule has 0 aliphatic heterocycles. The second kappa shape index (κ2) is 6.24. The molecule has 2 aromatic carbocycles. The van der Waals surface area contributed by atoms with Crippen LogP contribution < -0.4 is 4.74 Å². The Balaban J connectivity index is 2.32. The van der Waals surface area contributed by atoms with Crippen molar-refractivity contribution in [2.24, 2.45) is 0 Å². The normalized spacial score (nSPS) is 11.4. The summed E-state index contributed by atoms with van der Waals surface area (Å²) >= 11 is 0. The molecule has 0 N–H and O–H groups in total. The fourth-order valence-corrected chi connectivity index (χ4v) is 2.01. The number of hydrogen-bond acceptors (Lipinski definition) is 3. The molecule has 2 aromatic rings. The summed E-state index contributed by atoms with van der Waals surface area (Å²) in [7, 11) is 1.65. The molecule has 0 saturated heterocycles. The van der Waals surface area contributed by atoms with Gasteiger partial charge in [-0.25, -0.2) is 4.79 Å². The van der Waals surface area contributed by atoms with Crippen molar-refractivity contribution < 1.29 is 14.3 Å². The van der Waals surface area contributed by atoms with Crippen LogP contribution in [0.5, 0.6) is 5.75 Å². The fraction of sp³-hybridized carbons (Fsp3) is 0.235. The van der Waals surface area contributed by atoms with Gasteiger partial charge >= 0.3 is 5.97 Å². The maximum atomic E-state index is 11.6. The van der Waals surface area contributed by atoms with Crippen molar-refractivity contribution >= 4 is 22.8 Å². The summed E-state index contributed by atoms with van der Waals surface area (Å²) < 4.78 is 10.2. The number of benzene rings is 2. The SMILES string of the molecule is CCOC(=O)/C(C)=C/c1ccc2cc(OC)ccc2c1. The van der Waals surface area contributed by atoms with Crippen LogP contribution in [0.2, 0.25) is 0 Å². The lowest BCUT2D eigenvalue weighted by atomic mass is 10.1. The van der Waals surface area contributed by atoms with Crippen molar-refractivity contribution in [2.75, 3.05) is 13.7 Å². The van der Waals surface area contributed by atoms with Gasteiger partial charge < -0.3 is 9.47 Å². The summed E-state index contributed by atoms with van der Waals surface area (Å²) in [5, 5.41) is 2.21. The third kappa shape index (κ3) is 3.18. The lowest BCUT2D eigenvalue weighted by Crippen LogP contribution is -2.04. The predicted molar refractivity (Wildman–Crippen MR) is 80.8 cm³/mol. The molecule has 2 rings (SSSR count). The summed E-state index contributed by atoms with van der Waals surface area (Å²) in [4.78, 5) is 11.6. The second-order valence-electron chi connectivity index (χ2n) is 4.52. The van der Waals surface area contributed by atoms with E-state index in [1.807, 2.05) is 42.5 Å². The number of hydrogen-bond donors (Lipinski definition) is 0. The van der Waals surface area contributed by atoms with E-state index in [-0.39, 0.29) is 5.97 Å². The first-order chi connectivity index (χ1) is 9.63. The summed E-state index contributed by atoms with van der Waals surface area (Å²) in [6.45, 7) is 3.95. The Hall–Kier alpha value is -2.29. The largest absolute Gasteiger partial charge is 0.497 e. The highest BCUT2D eigenvalue weighted by Gasteiger charge is 2.05. The summed E-state index contributed by atoms with van der Waals surface area (Å²) in [5.74, 6) is 0.561. The molecule has 0 heterocycles. The Morgan fingerprint density at radius 3 is 2.55 bits per heavy atom. The minimum absolute atomic E-state index is 0.276. The fourth-order valence-electron chi connectivity index (χ4n) is 2.01. The second-order valence-corrected chi connectivity index (χ2v) is 4.52. The van der Waals surface area contributed by atoms with Crippen molar-refractivity contribution in [3.8, 4) is 5.75 Å². The van der Waals surface area contributed by atoms with Gasteiger partial charge in [0.05, 0.1) is 13.7 Å². The molecule has 20 heavy (non-hydrogen) atoms. The molecule has 0 spiro atoms. The van der Waals surface area contributed by atoms with E-state index in [1.165, 1.54) is 0 Å². The maximum Gasteiger partial charge on any atom is 0.333 e. The Bertz CT molecular complexity index is 656. The first-order valence-corrected chi connectivity index (χ1v) is 6.57. The van der Waals surface area contributed by atoms with Crippen molar-refractivity contribution in [1.82, 2.24) is 0 Å². The highest BCUT2D eigenvalue weighted by atomic mass is 16.5. The van der Waals surface area contributed by atoms with Crippen LogP contribution in [0.3, 0.4) is 0 Å². The number of ether oxygens (including phenoxy) is 2. The number of methoxy groups -OCH3 is 1. The van der Waals surface area contributed by atoms with Gasteiger partial charge in [0.2, 0.25) is 0 Å². The topological polar surface area (TPSA) is 35.5 Å². The van der Waals surface area contributed by atoms with Gasteiger partial charge in [-0.2, -0.15) is 0 Å². The van der Waals surface area contributed by atoms with Gasteiger partial charge in [-0.1, -0.05) is 18.2 Å². The Kier molecular flexibility index (Phi) is 4.41. The zero-order valence-corrected chi connectivity index (χ0v) is 12.0. The van der Waals surface area contributed by atoms with E-state index in [0.717, 1.165) is 22.1 Å². The first-order valence-electron chi connectivity index (χ1n) is 6.57.